The van der Waals surface area contributed by atoms with Crippen molar-refractivity contribution in [2.24, 2.45) is 0 Å². The summed E-state index contributed by atoms with van der Waals surface area (Å²) in [4.78, 5) is 21.1. The summed E-state index contributed by atoms with van der Waals surface area (Å²) in [5, 5.41) is 19.8. The van der Waals surface area contributed by atoms with Crippen molar-refractivity contribution < 1.29 is 24.0 Å². The molecule has 1 N–H and O–H groups in total. The molecule has 0 fully saturated rings. The summed E-state index contributed by atoms with van der Waals surface area (Å²) in [6, 6.07) is 5.36. The van der Waals surface area contributed by atoms with E-state index in [1.54, 1.807) is 6.07 Å². The Bertz CT molecular complexity index is 711. The fourth-order valence-electron chi connectivity index (χ4n) is 1.92. The summed E-state index contributed by atoms with van der Waals surface area (Å²) < 4.78 is 20.0. The maximum Gasteiger partial charge on any atom is 0.352 e. The molecule has 0 saturated carbocycles. The van der Waals surface area contributed by atoms with E-state index in [4.69, 9.17) is 9.84 Å². The SMILES string of the molecule is COc1cccc(Cn2cc([N+](=O)[O-])cc2C(=O)O)c1F. The molecule has 0 atom stereocenters. The second-order valence-electron chi connectivity index (χ2n) is 4.21. The first-order valence-electron chi connectivity index (χ1n) is 5.83. The van der Waals surface area contributed by atoms with Gasteiger partial charge in [0.2, 0.25) is 0 Å². The molecule has 0 amide bonds. The highest BCUT2D eigenvalue weighted by Crippen LogP contribution is 2.23. The highest BCUT2D eigenvalue weighted by atomic mass is 19.1. The third-order valence-corrected chi connectivity index (χ3v) is 2.92. The molecular weight excluding hydrogens is 283 g/mol. The number of nitro groups is 1. The second-order valence-corrected chi connectivity index (χ2v) is 4.21. The lowest BCUT2D eigenvalue weighted by molar-refractivity contribution is -0.384. The fourth-order valence-corrected chi connectivity index (χ4v) is 1.92. The number of hydrogen-bond donors (Lipinski definition) is 1. The van der Waals surface area contributed by atoms with Gasteiger partial charge in [-0.05, 0) is 6.07 Å². The Kier molecular flexibility index (Phi) is 3.88. The van der Waals surface area contributed by atoms with Crippen LogP contribution in [0.15, 0.2) is 30.5 Å². The summed E-state index contributed by atoms with van der Waals surface area (Å²) in [7, 11) is 1.31. The Balaban J connectivity index is 2.44. The van der Waals surface area contributed by atoms with Crippen molar-refractivity contribution in [3.05, 3.63) is 57.7 Å². The van der Waals surface area contributed by atoms with Crippen LogP contribution in [0.2, 0.25) is 0 Å². The van der Waals surface area contributed by atoms with Gasteiger partial charge in [0.15, 0.2) is 11.6 Å². The molecule has 1 aromatic carbocycles. The van der Waals surface area contributed by atoms with Gasteiger partial charge in [0.25, 0.3) is 5.69 Å². The molecule has 0 spiro atoms. The lowest BCUT2D eigenvalue weighted by atomic mass is 10.2. The van der Waals surface area contributed by atoms with Crippen molar-refractivity contribution in [1.82, 2.24) is 4.57 Å². The van der Waals surface area contributed by atoms with E-state index in [9.17, 15) is 19.3 Å². The predicted octanol–water partition coefficient (Wildman–Crippen LogP) is 2.29. The Hall–Kier alpha value is -2.90. The molecule has 2 rings (SSSR count). The Morgan fingerprint density at radius 2 is 2.24 bits per heavy atom. The zero-order chi connectivity index (χ0) is 15.6. The van der Waals surface area contributed by atoms with Gasteiger partial charge in [-0.25, -0.2) is 9.18 Å². The number of nitrogens with zero attached hydrogens (tertiary/aromatic N) is 2. The lowest BCUT2D eigenvalue weighted by Gasteiger charge is -2.09. The molecule has 21 heavy (non-hydrogen) atoms. The third kappa shape index (κ3) is 2.83. The van der Waals surface area contributed by atoms with E-state index in [0.717, 1.165) is 16.8 Å². The van der Waals surface area contributed by atoms with Crippen LogP contribution in [0.4, 0.5) is 10.1 Å². The largest absolute Gasteiger partial charge is 0.494 e. The minimum absolute atomic E-state index is 0.0195. The minimum Gasteiger partial charge on any atom is -0.494 e. The van der Waals surface area contributed by atoms with Crippen LogP contribution < -0.4 is 4.74 Å². The van der Waals surface area contributed by atoms with E-state index in [2.05, 4.69) is 0 Å². The zero-order valence-electron chi connectivity index (χ0n) is 10.9. The van der Waals surface area contributed by atoms with Crippen LogP contribution in [0, 0.1) is 15.9 Å². The molecule has 110 valence electrons. The molecule has 0 aliphatic carbocycles. The smallest absolute Gasteiger partial charge is 0.352 e. The second kappa shape index (κ2) is 5.61. The zero-order valence-corrected chi connectivity index (χ0v) is 10.9. The summed E-state index contributed by atoms with van der Waals surface area (Å²) in [6.45, 7) is -0.154. The molecule has 0 aliphatic heterocycles. The van der Waals surface area contributed by atoms with E-state index in [1.807, 2.05) is 0 Å². The Morgan fingerprint density at radius 3 is 2.81 bits per heavy atom. The van der Waals surface area contributed by atoms with Gasteiger partial charge in [-0.2, -0.15) is 0 Å². The molecule has 1 heterocycles. The summed E-state index contributed by atoms with van der Waals surface area (Å²) >= 11 is 0. The maximum atomic E-state index is 14.0. The number of halogens is 1. The molecule has 0 aliphatic rings. The normalized spacial score (nSPS) is 10.4. The van der Waals surface area contributed by atoms with E-state index in [-0.39, 0.29) is 29.2 Å². The summed E-state index contributed by atoms with van der Waals surface area (Å²) in [5.41, 5.74) is -0.484. The minimum atomic E-state index is -1.33. The number of aromatic nitrogens is 1. The van der Waals surface area contributed by atoms with Crippen molar-refractivity contribution >= 4 is 11.7 Å². The van der Waals surface area contributed by atoms with Crippen molar-refractivity contribution in [3.8, 4) is 5.75 Å². The first kappa shape index (κ1) is 14.5. The number of methoxy groups -OCH3 is 1. The van der Waals surface area contributed by atoms with E-state index < -0.39 is 16.7 Å². The van der Waals surface area contributed by atoms with Crippen LogP contribution in [-0.4, -0.2) is 27.7 Å². The maximum absolute atomic E-state index is 14.0. The molecule has 8 heteroatoms. The molecular formula is C13H11FN2O5. The standard InChI is InChI=1S/C13H11FN2O5/c1-21-11-4-2-3-8(12(11)14)6-15-7-9(16(19)20)5-10(15)13(17)18/h2-5,7H,6H2,1H3,(H,17,18). The molecule has 0 saturated heterocycles. The highest BCUT2D eigenvalue weighted by molar-refractivity contribution is 5.87. The number of carboxylic acids is 1. The number of hydrogen-bond acceptors (Lipinski definition) is 4. The molecule has 0 radical (unpaired) electrons. The van der Waals surface area contributed by atoms with Crippen molar-refractivity contribution in [2.75, 3.05) is 7.11 Å². The van der Waals surface area contributed by atoms with Gasteiger partial charge in [0.1, 0.15) is 5.69 Å². The average molecular weight is 294 g/mol. The van der Waals surface area contributed by atoms with Crippen molar-refractivity contribution in [1.29, 1.82) is 0 Å². The van der Waals surface area contributed by atoms with Gasteiger partial charge in [-0.3, -0.25) is 10.1 Å². The first-order valence-corrected chi connectivity index (χ1v) is 5.83. The van der Waals surface area contributed by atoms with Crippen molar-refractivity contribution in [2.45, 2.75) is 6.54 Å². The fraction of sp³-hybridized carbons (Fsp3) is 0.154. The third-order valence-electron chi connectivity index (χ3n) is 2.92. The molecule has 2 aromatic rings. The molecule has 0 bridgehead atoms. The number of carboxylic acid groups (broad SMARTS) is 1. The van der Waals surface area contributed by atoms with E-state index in [0.29, 0.717) is 0 Å². The van der Waals surface area contributed by atoms with Crippen LogP contribution in [0.5, 0.6) is 5.75 Å². The van der Waals surface area contributed by atoms with Crippen LogP contribution >= 0.6 is 0 Å². The average Bonchev–Trinajstić information content (AvgIpc) is 2.85. The number of benzene rings is 1. The van der Waals surface area contributed by atoms with Gasteiger partial charge in [-0.15, -0.1) is 0 Å². The van der Waals surface area contributed by atoms with Gasteiger partial charge < -0.3 is 14.4 Å². The summed E-state index contributed by atoms with van der Waals surface area (Å²) in [5.74, 6) is -1.94. The van der Waals surface area contributed by atoms with Crippen LogP contribution in [0.3, 0.4) is 0 Å². The monoisotopic (exact) mass is 294 g/mol. The van der Waals surface area contributed by atoms with Crippen LogP contribution in [-0.2, 0) is 6.54 Å². The predicted molar refractivity (Wildman–Crippen MR) is 70.1 cm³/mol. The van der Waals surface area contributed by atoms with Crippen molar-refractivity contribution in [3.63, 3.8) is 0 Å². The van der Waals surface area contributed by atoms with Gasteiger partial charge in [0, 0.05) is 11.6 Å². The van der Waals surface area contributed by atoms with Crippen LogP contribution in [0.25, 0.3) is 0 Å². The molecule has 0 unspecified atom stereocenters. The number of rotatable bonds is 5. The number of ether oxygens (including phenoxy) is 1. The molecule has 1 aromatic heterocycles. The Morgan fingerprint density at radius 1 is 1.52 bits per heavy atom. The van der Waals surface area contributed by atoms with Gasteiger partial charge in [0.05, 0.1) is 24.8 Å². The van der Waals surface area contributed by atoms with E-state index >= 15 is 0 Å². The first-order chi connectivity index (χ1) is 9.93. The topological polar surface area (TPSA) is 94.6 Å². The van der Waals surface area contributed by atoms with Crippen LogP contribution in [0.1, 0.15) is 16.1 Å². The Labute approximate surface area is 118 Å². The molecule has 7 nitrogen and oxygen atoms in total. The van der Waals surface area contributed by atoms with Gasteiger partial charge >= 0.3 is 5.97 Å². The number of aromatic carboxylic acids is 1. The highest BCUT2D eigenvalue weighted by Gasteiger charge is 2.20. The number of carbonyl (C=O) groups is 1. The lowest BCUT2D eigenvalue weighted by Crippen LogP contribution is -2.09. The van der Waals surface area contributed by atoms with E-state index in [1.165, 1.54) is 19.2 Å². The quantitative estimate of drug-likeness (QED) is 0.674. The van der Waals surface area contributed by atoms with Gasteiger partial charge in [-0.1, -0.05) is 12.1 Å². The summed E-state index contributed by atoms with van der Waals surface area (Å²) in [6.07, 6.45) is 1.06.